The van der Waals surface area contributed by atoms with Crippen LogP contribution in [0.25, 0.3) is 10.8 Å². The quantitative estimate of drug-likeness (QED) is 0.664. The number of carbonyl (C=O) groups is 1. The molecule has 2 heterocycles. The normalized spacial score (nSPS) is 16.5. The summed E-state index contributed by atoms with van der Waals surface area (Å²) in [5.41, 5.74) is 2.38. The van der Waals surface area contributed by atoms with Crippen LogP contribution in [0, 0.1) is 6.92 Å². The Morgan fingerprint density at radius 3 is 3.00 bits per heavy atom. The molecule has 0 saturated carbocycles. The summed E-state index contributed by atoms with van der Waals surface area (Å²) < 4.78 is 2.04. The van der Waals surface area contributed by atoms with E-state index in [1.54, 1.807) is 6.33 Å². The van der Waals surface area contributed by atoms with Gasteiger partial charge in [0, 0.05) is 19.5 Å². The molecule has 0 N–H and O–H groups in total. The zero-order valence-electron chi connectivity index (χ0n) is 14.7. The first-order chi connectivity index (χ1) is 12.7. The molecule has 0 bridgehead atoms. The monoisotopic (exact) mass is 368 g/mol. The Hall–Kier alpha value is -2.40. The lowest BCUT2D eigenvalue weighted by atomic mass is 9.98. The van der Waals surface area contributed by atoms with Crippen LogP contribution < -0.4 is 0 Å². The van der Waals surface area contributed by atoms with Crippen molar-refractivity contribution < 1.29 is 4.79 Å². The molecule has 0 saturated heterocycles. The number of alkyl halides is 1. The van der Waals surface area contributed by atoms with Gasteiger partial charge >= 0.3 is 0 Å². The number of nitrogens with zero attached hydrogens (tertiary/aromatic N) is 4. The second kappa shape index (κ2) is 7.08. The minimum absolute atomic E-state index is 0.00182. The van der Waals surface area contributed by atoms with Gasteiger partial charge in [-0.2, -0.15) is 0 Å². The van der Waals surface area contributed by atoms with Crippen molar-refractivity contribution in [2.24, 2.45) is 0 Å². The van der Waals surface area contributed by atoms with E-state index < -0.39 is 0 Å². The van der Waals surface area contributed by atoms with Gasteiger partial charge in [-0.15, -0.1) is 21.8 Å². The maximum absolute atomic E-state index is 12.6. The summed E-state index contributed by atoms with van der Waals surface area (Å²) in [6.07, 6.45) is 3.45. The van der Waals surface area contributed by atoms with E-state index in [0.29, 0.717) is 6.54 Å². The molecule has 0 radical (unpaired) electrons. The lowest BCUT2D eigenvalue weighted by Crippen LogP contribution is -2.45. The van der Waals surface area contributed by atoms with Gasteiger partial charge in [0.2, 0.25) is 5.91 Å². The molecule has 5 nitrogen and oxygen atoms in total. The topological polar surface area (TPSA) is 51.0 Å². The molecule has 1 aliphatic heterocycles. The molecular formula is C20H21ClN4O. The Labute approximate surface area is 157 Å². The fourth-order valence-electron chi connectivity index (χ4n) is 3.82. The molecule has 1 atom stereocenters. The first-order valence-electron chi connectivity index (χ1n) is 8.86. The highest BCUT2D eigenvalue weighted by Gasteiger charge is 2.28. The SMILES string of the molecule is Cc1c(CN(C(=O)CCl)C2CCc3nncn3C2)ccc2ccccc12. The molecule has 1 unspecified atom stereocenters. The Morgan fingerprint density at radius 2 is 2.15 bits per heavy atom. The average Bonchev–Trinajstić information content (AvgIpc) is 3.15. The number of halogens is 1. The highest BCUT2D eigenvalue weighted by molar-refractivity contribution is 6.27. The van der Waals surface area contributed by atoms with Gasteiger partial charge in [0.25, 0.3) is 0 Å². The molecule has 1 aromatic heterocycles. The number of benzene rings is 2. The highest BCUT2D eigenvalue weighted by atomic mass is 35.5. The van der Waals surface area contributed by atoms with Gasteiger partial charge in [0.05, 0.1) is 6.04 Å². The number of hydrogen-bond donors (Lipinski definition) is 0. The van der Waals surface area contributed by atoms with Crippen LogP contribution in [0.1, 0.15) is 23.4 Å². The lowest BCUT2D eigenvalue weighted by Gasteiger charge is -2.35. The number of aryl methyl sites for hydroxylation is 2. The van der Waals surface area contributed by atoms with Crippen LogP contribution in [0.3, 0.4) is 0 Å². The maximum Gasteiger partial charge on any atom is 0.238 e. The Bertz CT molecular complexity index is 952. The van der Waals surface area contributed by atoms with Crippen molar-refractivity contribution >= 4 is 28.3 Å². The molecular weight excluding hydrogens is 348 g/mol. The fraction of sp³-hybridized carbons (Fsp3) is 0.350. The summed E-state index contributed by atoms with van der Waals surface area (Å²) in [5.74, 6) is 0.959. The number of aromatic nitrogens is 3. The van der Waals surface area contributed by atoms with Gasteiger partial charge < -0.3 is 9.47 Å². The van der Waals surface area contributed by atoms with E-state index in [1.807, 2.05) is 15.5 Å². The van der Waals surface area contributed by atoms with Crippen molar-refractivity contribution in [1.29, 1.82) is 0 Å². The largest absolute Gasteiger partial charge is 0.333 e. The molecule has 4 rings (SSSR count). The predicted molar refractivity (Wildman–Crippen MR) is 102 cm³/mol. The summed E-state index contributed by atoms with van der Waals surface area (Å²) in [6, 6.07) is 12.7. The molecule has 3 aromatic rings. The zero-order valence-corrected chi connectivity index (χ0v) is 15.5. The number of fused-ring (bicyclic) bond motifs is 2. The van der Waals surface area contributed by atoms with Crippen LogP contribution >= 0.6 is 11.6 Å². The van der Waals surface area contributed by atoms with E-state index in [0.717, 1.165) is 30.8 Å². The maximum atomic E-state index is 12.6. The minimum Gasteiger partial charge on any atom is -0.333 e. The van der Waals surface area contributed by atoms with Crippen LogP contribution in [-0.4, -0.2) is 37.5 Å². The van der Waals surface area contributed by atoms with Gasteiger partial charge in [-0.3, -0.25) is 4.79 Å². The molecule has 2 aromatic carbocycles. The molecule has 134 valence electrons. The van der Waals surface area contributed by atoms with E-state index in [-0.39, 0.29) is 17.8 Å². The Balaban J connectivity index is 1.64. The zero-order chi connectivity index (χ0) is 18.1. The lowest BCUT2D eigenvalue weighted by molar-refractivity contribution is -0.132. The van der Waals surface area contributed by atoms with Crippen molar-refractivity contribution in [3.05, 3.63) is 59.7 Å². The van der Waals surface area contributed by atoms with Crippen LogP contribution in [-0.2, 0) is 24.3 Å². The molecule has 6 heteroatoms. The number of amides is 1. The van der Waals surface area contributed by atoms with E-state index in [2.05, 4.69) is 47.5 Å². The molecule has 26 heavy (non-hydrogen) atoms. The van der Waals surface area contributed by atoms with Crippen molar-refractivity contribution in [3.8, 4) is 0 Å². The van der Waals surface area contributed by atoms with E-state index >= 15 is 0 Å². The number of carbonyl (C=O) groups excluding carboxylic acids is 1. The summed E-state index contributed by atoms with van der Waals surface area (Å²) >= 11 is 5.92. The summed E-state index contributed by atoms with van der Waals surface area (Å²) in [4.78, 5) is 14.5. The Kier molecular flexibility index (Phi) is 4.64. The predicted octanol–water partition coefficient (Wildman–Crippen LogP) is 3.32. The van der Waals surface area contributed by atoms with E-state index in [1.165, 1.54) is 16.3 Å². The number of hydrogen-bond acceptors (Lipinski definition) is 3. The summed E-state index contributed by atoms with van der Waals surface area (Å²) in [6.45, 7) is 3.42. The first kappa shape index (κ1) is 17.0. The summed E-state index contributed by atoms with van der Waals surface area (Å²) in [5, 5.41) is 10.6. The minimum atomic E-state index is -0.0271. The van der Waals surface area contributed by atoms with Gasteiger partial charge in [0.1, 0.15) is 18.0 Å². The van der Waals surface area contributed by atoms with Gasteiger partial charge in [-0.25, -0.2) is 0 Å². The van der Waals surface area contributed by atoms with Crippen molar-refractivity contribution in [1.82, 2.24) is 19.7 Å². The average molecular weight is 369 g/mol. The number of rotatable bonds is 4. The van der Waals surface area contributed by atoms with Crippen LogP contribution in [0.15, 0.2) is 42.7 Å². The van der Waals surface area contributed by atoms with E-state index in [9.17, 15) is 4.79 Å². The van der Waals surface area contributed by atoms with Gasteiger partial charge in [0.15, 0.2) is 0 Å². The molecule has 0 spiro atoms. The van der Waals surface area contributed by atoms with Gasteiger partial charge in [-0.05, 0) is 35.2 Å². The van der Waals surface area contributed by atoms with Gasteiger partial charge in [-0.1, -0.05) is 36.4 Å². The second-order valence-electron chi connectivity index (χ2n) is 6.82. The smallest absolute Gasteiger partial charge is 0.238 e. The van der Waals surface area contributed by atoms with Crippen molar-refractivity contribution in [2.45, 2.75) is 38.9 Å². The van der Waals surface area contributed by atoms with Crippen molar-refractivity contribution in [2.75, 3.05) is 5.88 Å². The van der Waals surface area contributed by atoms with Crippen LogP contribution in [0.5, 0.6) is 0 Å². The fourth-order valence-corrected chi connectivity index (χ4v) is 3.97. The molecule has 1 aliphatic rings. The van der Waals surface area contributed by atoms with Crippen LogP contribution in [0.2, 0.25) is 0 Å². The third-order valence-electron chi connectivity index (χ3n) is 5.33. The summed E-state index contributed by atoms with van der Waals surface area (Å²) in [7, 11) is 0. The third-order valence-corrected chi connectivity index (χ3v) is 5.56. The van der Waals surface area contributed by atoms with Crippen molar-refractivity contribution in [3.63, 3.8) is 0 Å². The Morgan fingerprint density at radius 1 is 1.31 bits per heavy atom. The highest BCUT2D eigenvalue weighted by Crippen LogP contribution is 2.25. The second-order valence-corrected chi connectivity index (χ2v) is 7.09. The molecule has 1 amide bonds. The first-order valence-corrected chi connectivity index (χ1v) is 9.40. The third kappa shape index (κ3) is 3.07. The van der Waals surface area contributed by atoms with E-state index in [4.69, 9.17) is 11.6 Å². The molecule has 0 fully saturated rings. The van der Waals surface area contributed by atoms with Crippen LogP contribution in [0.4, 0.5) is 0 Å². The molecule has 0 aliphatic carbocycles. The standard InChI is InChI=1S/C20H21ClN4O/c1-14-16(7-6-15-4-2-3-5-18(14)15)11-25(20(26)10-21)17-8-9-19-23-22-13-24(19)12-17/h2-7,13,17H,8-12H2,1H3.